The molecule has 3 aromatic rings. The molecule has 0 aliphatic rings. The molecule has 94 valence electrons. The number of nitrogens with zero attached hydrogens (tertiary/aromatic N) is 2. The molecule has 0 saturated heterocycles. The Balaban J connectivity index is 1.99. The summed E-state index contributed by atoms with van der Waals surface area (Å²) in [7, 11) is 0. The maximum absolute atomic E-state index is 4.34. The van der Waals surface area contributed by atoms with Crippen molar-refractivity contribution in [2.45, 2.75) is 6.92 Å². The van der Waals surface area contributed by atoms with Crippen molar-refractivity contribution < 1.29 is 0 Å². The number of fused-ring (bicyclic) bond motifs is 1. The molecule has 2 heterocycles. The van der Waals surface area contributed by atoms with Gasteiger partial charge in [0.1, 0.15) is 5.82 Å². The molecule has 0 fully saturated rings. The standard InChI is InChI=1S/C15H12BrN3/c1-10-6-8-18-15(14(10)16)19-12-4-5-13-11(9-12)3-2-7-17-13/h2-9H,1H3,(H,18,19). The molecular weight excluding hydrogens is 302 g/mol. The molecule has 0 atom stereocenters. The van der Waals surface area contributed by atoms with Crippen molar-refractivity contribution in [3.05, 3.63) is 58.8 Å². The lowest BCUT2D eigenvalue weighted by Gasteiger charge is -2.09. The fourth-order valence-corrected chi connectivity index (χ4v) is 2.25. The molecule has 1 aromatic carbocycles. The van der Waals surface area contributed by atoms with Gasteiger partial charge >= 0.3 is 0 Å². The van der Waals surface area contributed by atoms with Crippen LogP contribution in [0.2, 0.25) is 0 Å². The van der Waals surface area contributed by atoms with E-state index >= 15 is 0 Å². The van der Waals surface area contributed by atoms with E-state index in [2.05, 4.69) is 37.3 Å². The molecule has 0 aliphatic carbocycles. The number of pyridine rings is 2. The fourth-order valence-electron chi connectivity index (χ4n) is 1.92. The molecule has 0 aliphatic heterocycles. The third-order valence-electron chi connectivity index (χ3n) is 2.95. The lowest BCUT2D eigenvalue weighted by atomic mass is 10.2. The minimum absolute atomic E-state index is 0.822. The van der Waals surface area contributed by atoms with E-state index in [1.165, 1.54) is 0 Å². The van der Waals surface area contributed by atoms with Crippen LogP contribution in [0.1, 0.15) is 5.56 Å². The second kappa shape index (κ2) is 4.97. The Bertz CT molecular complexity index is 740. The largest absolute Gasteiger partial charge is 0.339 e. The number of hydrogen-bond donors (Lipinski definition) is 1. The summed E-state index contributed by atoms with van der Waals surface area (Å²) in [4.78, 5) is 8.65. The van der Waals surface area contributed by atoms with E-state index in [1.807, 2.05) is 37.3 Å². The molecular formula is C15H12BrN3. The number of anilines is 2. The summed E-state index contributed by atoms with van der Waals surface area (Å²) < 4.78 is 0.987. The van der Waals surface area contributed by atoms with E-state index < -0.39 is 0 Å². The Labute approximate surface area is 119 Å². The number of aryl methyl sites for hydroxylation is 1. The quantitative estimate of drug-likeness (QED) is 0.759. The summed E-state index contributed by atoms with van der Waals surface area (Å²) >= 11 is 3.55. The SMILES string of the molecule is Cc1ccnc(Nc2ccc3ncccc3c2)c1Br. The van der Waals surface area contributed by atoms with Crippen molar-refractivity contribution in [1.29, 1.82) is 0 Å². The Morgan fingerprint density at radius 2 is 1.95 bits per heavy atom. The van der Waals surface area contributed by atoms with Crippen LogP contribution in [0.25, 0.3) is 10.9 Å². The van der Waals surface area contributed by atoms with Crippen LogP contribution in [0.5, 0.6) is 0 Å². The lowest BCUT2D eigenvalue weighted by Crippen LogP contribution is -1.95. The molecule has 0 unspecified atom stereocenters. The van der Waals surface area contributed by atoms with Crippen LogP contribution in [0.15, 0.2) is 53.3 Å². The monoisotopic (exact) mass is 313 g/mol. The van der Waals surface area contributed by atoms with Crippen molar-refractivity contribution in [2.24, 2.45) is 0 Å². The molecule has 0 bridgehead atoms. The van der Waals surface area contributed by atoms with Crippen LogP contribution in [-0.4, -0.2) is 9.97 Å². The predicted octanol–water partition coefficient (Wildman–Crippen LogP) is 4.44. The van der Waals surface area contributed by atoms with Crippen molar-refractivity contribution in [2.75, 3.05) is 5.32 Å². The summed E-state index contributed by atoms with van der Waals surface area (Å²) in [6.45, 7) is 2.04. The zero-order valence-corrected chi connectivity index (χ0v) is 12.0. The molecule has 0 amide bonds. The van der Waals surface area contributed by atoms with Gasteiger partial charge in [-0.3, -0.25) is 4.98 Å². The van der Waals surface area contributed by atoms with Crippen LogP contribution in [0, 0.1) is 6.92 Å². The summed E-state index contributed by atoms with van der Waals surface area (Å²) in [5.74, 6) is 0.822. The second-order valence-electron chi connectivity index (χ2n) is 4.33. The Morgan fingerprint density at radius 3 is 2.84 bits per heavy atom. The average Bonchev–Trinajstić information content (AvgIpc) is 2.44. The molecule has 0 saturated carbocycles. The first kappa shape index (κ1) is 12.1. The third-order valence-corrected chi connectivity index (χ3v) is 3.95. The van der Waals surface area contributed by atoms with E-state index in [4.69, 9.17) is 0 Å². The topological polar surface area (TPSA) is 37.8 Å². The third kappa shape index (κ3) is 2.44. The maximum Gasteiger partial charge on any atom is 0.144 e. The van der Waals surface area contributed by atoms with E-state index in [-0.39, 0.29) is 0 Å². The summed E-state index contributed by atoms with van der Waals surface area (Å²) in [5.41, 5.74) is 3.14. The van der Waals surface area contributed by atoms with Crippen LogP contribution in [0.3, 0.4) is 0 Å². The first-order chi connectivity index (χ1) is 9.24. The van der Waals surface area contributed by atoms with E-state index in [1.54, 1.807) is 12.4 Å². The molecule has 2 aromatic heterocycles. The number of benzene rings is 1. The van der Waals surface area contributed by atoms with Gasteiger partial charge in [-0.25, -0.2) is 4.98 Å². The van der Waals surface area contributed by atoms with Crippen molar-refractivity contribution >= 4 is 38.3 Å². The first-order valence-electron chi connectivity index (χ1n) is 5.97. The Kier molecular flexibility index (Phi) is 3.17. The summed E-state index contributed by atoms with van der Waals surface area (Å²) in [6.07, 6.45) is 3.60. The smallest absolute Gasteiger partial charge is 0.144 e. The first-order valence-corrected chi connectivity index (χ1v) is 6.76. The summed E-state index contributed by atoms with van der Waals surface area (Å²) in [6, 6.07) is 12.0. The van der Waals surface area contributed by atoms with Gasteiger partial charge < -0.3 is 5.32 Å². The highest BCUT2D eigenvalue weighted by Crippen LogP contribution is 2.27. The van der Waals surface area contributed by atoms with Crippen molar-refractivity contribution in [1.82, 2.24) is 9.97 Å². The van der Waals surface area contributed by atoms with Gasteiger partial charge in [-0.15, -0.1) is 0 Å². The molecule has 4 heteroatoms. The molecule has 19 heavy (non-hydrogen) atoms. The van der Waals surface area contributed by atoms with Crippen molar-refractivity contribution in [3.8, 4) is 0 Å². The molecule has 0 spiro atoms. The van der Waals surface area contributed by atoms with Gasteiger partial charge in [-0.2, -0.15) is 0 Å². The van der Waals surface area contributed by atoms with Gasteiger partial charge in [0.25, 0.3) is 0 Å². The Hall–Kier alpha value is -1.94. The number of halogens is 1. The van der Waals surface area contributed by atoms with E-state index in [0.717, 1.165) is 32.4 Å². The van der Waals surface area contributed by atoms with Gasteiger partial charge in [-0.05, 0) is 58.7 Å². The minimum atomic E-state index is 0.822. The van der Waals surface area contributed by atoms with Gasteiger partial charge in [-0.1, -0.05) is 6.07 Å². The highest BCUT2D eigenvalue weighted by molar-refractivity contribution is 9.10. The highest BCUT2D eigenvalue weighted by Gasteiger charge is 2.04. The predicted molar refractivity (Wildman–Crippen MR) is 81.7 cm³/mol. The molecule has 0 radical (unpaired) electrons. The van der Waals surface area contributed by atoms with E-state index in [9.17, 15) is 0 Å². The Morgan fingerprint density at radius 1 is 1.05 bits per heavy atom. The van der Waals surface area contributed by atoms with Crippen LogP contribution in [0.4, 0.5) is 11.5 Å². The van der Waals surface area contributed by atoms with Gasteiger partial charge in [0.2, 0.25) is 0 Å². The van der Waals surface area contributed by atoms with Gasteiger partial charge in [0.05, 0.1) is 9.99 Å². The summed E-state index contributed by atoms with van der Waals surface area (Å²) in [5, 5.41) is 4.43. The van der Waals surface area contributed by atoms with Gasteiger partial charge in [0, 0.05) is 23.5 Å². The highest BCUT2D eigenvalue weighted by atomic mass is 79.9. The van der Waals surface area contributed by atoms with Crippen LogP contribution >= 0.6 is 15.9 Å². The average molecular weight is 314 g/mol. The number of nitrogens with one attached hydrogen (secondary N) is 1. The zero-order chi connectivity index (χ0) is 13.2. The maximum atomic E-state index is 4.34. The zero-order valence-electron chi connectivity index (χ0n) is 10.4. The number of rotatable bonds is 2. The number of hydrogen-bond acceptors (Lipinski definition) is 3. The normalized spacial score (nSPS) is 10.6. The molecule has 3 nitrogen and oxygen atoms in total. The molecule has 1 N–H and O–H groups in total. The van der Waals surface area contributed by atoms with Crippen LogP contribution < -0.4 is 5.32 Å². The second-order valence-corrected chi connectivity index (χ2v) is 5.12. The minimum Gasteiger partial charge on any atom is -0.339 e. The fraction of sp³-hybridized carbons (Fsp3) is 0.0667. The van der Waals surface area contributed by atoms with Crippen LogP contribution in [-0.2, 0) is 0 Å². The lowest BCUT2D eigenvalue weighted by molar-refractivity contribution is 1.25. The van der Waals surface area contributed by atoms with E-state index in [0.29, 0.717) is 0 Å². The van der Waals surface area contributed by atoms with Gasteiger partial charge in [0.15, 0.2) is 0 Å². The van der Waals surface area contributed by atoms with Crippen molar-refractivity contribution in [3.63, 3.8) is 0 Å². The number of aromatic nitrogens is 2. The molecule has 3 rings (SSSR count).